The third-order valence-electron chi connectivity index (χ3n) is 4.41. The molecule has 1 heterocycles. The summed E-state index contributed by atoms with van der Waals surface area (Å²) in [6.45, 7) is 2.66. The lowest BCUT2D eigenvalue weighted by Crippen LogP contribution is -2.47. The number of rotatable bonds is 4. The first-order chi connectivity index (χ1) is 11.1. The van der Waals surface area contributed by atoms with Crippen LogP contribution >= 0.6 is 11.6 Å². The molecule has 1 aliphatic rings. The lowest BCUT2D eigenvalue weighted by Gasteiger charge is -2.36. The van der Waals surface area contributed by atoms with Crippen molar-refractivity contribution in [3.05, 3.63) is 70.5 Å². The van der Waals surface area contributed by atoms with Gasteiger partial charge in [-0.2, -0.15) is 0 Å². The van der Waals surface area contributed by atoms with Crippen molar-refractivity contribution >= 4 is 11.6 Å². The highest BCUT2D eigenvalue weighted by atomic mass is 35.5. The van der Waals surface area contributed by atoms with Crippen molar-refractivity contribution in [1.82, 2.24) is 4.90 Å². The van der Waals surface area contributed by atoms with E-state index in [-0.39, 0.29) is 11.9 Å². The maximum atomic E-state index is 13.4. The first kappa shape index (κ1) is 16.4. The molecule has 4 heteroatoms. The van der Waals surface area contributed by atoms with E-state index in [0.717, 1.165) is 48.6 Å². The van der Waals surface area contributed by atoms with Crippen molar-refractivity contribution in [2.75, 3.05) is 13.1 Å². The van der Waals surface area contributed by atoms with Crippen LogP contribution in [0.15, 0.2) is 48.5 Å². The van der Waals surface area contributed by atoms with Crippen LogP contribution in [0, 0.1) is 11.7 Å². The molecular weight excluding hydrogens is 311 g/mol. The number of piperidine rings is 1. The summed E-state index contributed by atoms with van der Waals surface area (Å²) in [6, 6.07) is 15.0. The number of hydrogen-bond acceptors (Lipinski definition) is 2. The van der Waals surface area contributed by atoms with E-state index in [4.69, 9.17) is 17.3 Å². The molecule has 1 fully saturated rings. The molecule has 2 nitrogen and oxygen atoms in total. The van der Waals surface area contributed by atoms with Gasteiger partial charge in [-0.25, -0.2) is 4.39 Å². The quantitative estimate of drug-likeness (QED) is 0.921. The van der Waals surface area contributed by atoms with Crippen LogP contribution in [0.4, 0.5) is 4.39 Å². The minimum Gasteiger partial charge on any atom is -0.327 e. The molecule has 0 saturated carbocycles. The molecule has 2 N–H and O–H groups in total. The van der Waals surface area contributed by atoms with Crippen LogP contribution in [-0.2, 0) is 13.0 Å². The molecule has 2 atom stereocenters. The first-order valence-electron chi connectivity index (χ1n) is 8.06. The zero-order valence-corrected chi connectivity index (χ0v) is 13.8. The Morgan fingerprint density at radius 3 is 2.74 bits per heavy atom. The molecule has 0 aromatic heterocycles. The van der Waals surface area contributed by atoms with Gasteiger partial charge in [-0.15, -0.1) is 0 Å². The largest absolute Gasteiger partial charge is 0.327 e. The minimum absolute atomic E-state index is 0.157. The third-order valence-corrected chi connectivity index (χ3v) is 4.78. The van der Waals surface area contributed by atoms with Gasteiger partial charge < -0.3 is 5.73 Å². The predicted molar refractivity (Wildman–Crippen MR) is 92.9 cm³/mol. The lowest BCUT2D eigenvalue weighted by molar-refractivity contribution is 0.149. The number of likely N-dealkylation sites (tertiary alicyclic amines) is 1. The molecule has 0 radical (unpaired) electrons. The van der Waals surface area contributed by atoms with Crippen molar-refractivity contribution in [3.63, 3.8) is 0 Å². The summed E-state index contributed by atoms with van der Waals surface area (Å²) in [7, 11) is 0. The Bertz CT molecular complexity index is 661. The highest BCUT2D eigenvalue weighted by Crippen LogP contribution is 2.24. The zero-order chi connectivity index (χ0) is 16.2. The summed E-state index contributed by atoms with van der Waals surface area (Å²) in [5.74, 6) is 0.276. The van der Waals surface area contributed by atoms with Crippen LogP contribution < -0.4 is 5.73 Å². The molecule has 0 amide bonds. The van der Waals surface area contributed by atoms with Gasteiger partial charge in [0.15, 0.2) is 0 Å². The molecule has 0 bridgehead atoms. The Balaban J connectivity index is 1.66. The van der Waals surface area contributed by atoms with Crippen LogP contribution in [0.25, 0.3) is 0 Å². The van der Waals surface area contributed by atoms with Crippen molar-refractivity contribution in [3.8, 4) is 0 Å². The van der Waals surface area contributed by atoms with Crippen LogP contribution in [0.5, 0.6) is 0 Å². The average molecular weight is 333 g/mol. The Morgan fingerprint density at radius 1 is 1.13 bits per heavy atom. The van der Waals surface area contributed by atoms with Gasteiger partial charge >= 0.3 is 0 Å². The maximum absolute atomic E-state index is 13.4. The summed E-state index contributed by atoms with van der Waals surface area (Å²) in [5.41, 5.74) is 8.42. The standard InChI is InChI=1S/C19H22ClFN2/c20-19-7-2-1-5-16(19)12-23-11-15(10-18(22)13-23)8-14-4-3-6-17(21)9-14/h1-7,9,15,18H,8,10-13,22H2. The second-order valence-corrected chi connectivity index (χ2v) is 6.89. The normalized spacial score (nSPS) is 22.2. The van der Waals surface area contributed by atoms with E-state index in [1.165, 1.54) is 6.07 Å². The molecule has 1 aliphatic heterocycles. The lowest BCUT2D eigenvalue weighted by atomic mass is 9.89. The SMILES string of the molecule is NC1CC(Cc2cccc(F)c2)CN(Cc2ccccc2Cl)C1. The van der Waals surface area contributed by atoms with Gasteiger partial charge in [0.2, 0.25) is 0 Å². The van der Waals surface area contributed by atoms with E-state index in [2.05, 4.69) is 11.0 Å². The fourth-order valence-corrected chi connectivity index (χ4v) is 3.69. The predicted octanol–water partition coefficient (Wildman–Crippen LogP) is 3.87. The third kappa shape index (κ3) is 4.54. The van der Waals surface area contributed by atoms with Crippen LogP contribution in [-0.4, -0.2) is 24.0 Å². The fraction of sp³-hybridized carbons (Fsp3) is 0.368. The Labute approximate surface area is 142 Å². The molecule has 2 aromatic carbocycles. The van der Waals surface area contributed by atoms with Gasteiger partial charge in [-0.1, -0.05) is 41.9 Å². The van der Waals surface area contributed by atoms with E-state index in [9.17, 15) is 4.39 Å². The first-order valence-corrected chi connectivity index (χ1v) is 8.44. The molecular formula is C19H22ClFN2. The van der Waals surface area contributed by atoms with Gasteiger partial charge in [0.1, 0.15) is 5.82 Å². The second kappa shape index (κ2) is 7.43. The summed E-state index contributed by atoms with van der Waals surface area (Å²) >= 11 is 6.26. The van der Waals surface area contributed by atoms with Crippen molar-refractivity contribution in [2.24, 2.45) is 11.7 Å². The molecule has 2 aromatic rings. The van der Waals surface area contributed by atoms with Gasteiger partial charge in [0.05, 0.1) is 0 Å². The van der Waals surface area contributed by atoms with Gasteiger partial charge in [-0.05, 0) is 48.1 Å². The van der Waals surface area contributed by atoms with Gasteiger partial charge in [0.25, 0.3) is 0 Å². The molecule has 3 rings (SSSR count). The van der Waals surface area contributed by atoms with E-state index in [1.807, 2.05) is 24.3 Å². The van der Waals surface area contributed by atoms with Gasteiger partial charge in [0, 0.05) is 30.7 Å². The summed E-state index contributed by atoms with van der Waals surface area (Å²) in [4.78, 5) is 2.36. The minimum atomic E-state index is -0.171. The summed E-state index contributed by atoms with van der Waals surface area (Å²) < 4.78 is 13.4. The van der Waals surface area contributed by atoms with Crippen molar-refractivity contribution in [1.29, 1.82) is 0 Å². The Kier molecular flexibility index (Phi) is 5.31. The van der Waals surface area contributed by atoms with Crippen molar-refractivity contribution in [2.45, 2.75) is 25.4 Å². The Morgan fingerprint density at radius 2 is 1.96 bits per heavy atom. The fourth-order valence-electron chi connectivity index (χ4n) is 3.49. The summed E-state index contributed by atoms with van der Waals surface area (Å²) in [5, 5.41) is 0.799. The number of halogens is 2. The molecule has 1 saturated heterocycles. The van der Waals surface area contributed by atoms with E-state index < -0.39 is 0 Å². The topological polar surface area (TPSA) is 29.3 Å². The van der Waals surface area contributed by atoms with E-state index in [0.29, 0.717) is 5.92 Å². The monoisotopic (exact) mass is 332 g/mol. The number of benzene rings is 2. The maximum Gasteiger partial charge on any atom is 0.123 e. The molecule has 0 aliphatic carbocycles. The highest BCUT2D eigenvalue weighted by molar-refractivity contribution is 6.31. The molecule has 2 unspecified atom stereocenters. The average Bonchev–Trinajstić information content (AvgIpc) is 2.49. The van der Waals surface area contributed by atoms with Crippen LogP contribution in [0.1, 0.15) is 17.5 Å². The Hall–Kier alpha value is -1.42. The summed E-state index contributed by atoms with van der Waals surface area (Å²) in [6.07, 6.45) is 1.85. The van der Waals surface area contributed by atoms with Crippen LogP contribution in [0.3, 0.4) is 0 Å². The molecule has 0 spiro atoms. The van der Waals surface area contributed by atoms with Crippen LogP contribution in [0.2, 0.25) is 5.02 Å². The second-order valence-electron chi connectivity index (χ2n) is 6.48. The zero-order valence-electron chi connectivity index (χ0n) is 13.1. The van der Waals surface area contributed by atoms with Gasteiger partial charge in [-0.3, -0.25) is 4.90 Å². The smallest absolute Gasteiger partial charge is 0.123 e. The van der Waals surface area contributed by atoms with Crippen molar-refractivity contribution < 1.29 is 4.39 Å². The number of nitrogens with two attached hydrogens (primary N) is 1. The van der Waals surface area contributed by atoms with E-state index in [1.54, 1.807) is 12.1 Å². The molecule has 122 valence electrons. The van der Waals surface area contributed by atoms with E-state index >= 15 is 0 Å². The highest BCUT2D eigenvalue weighted by Gasteiger charge is 2.25. The number of nitrogens with zero attached hydrogens (tertiary/aromatic N) is 1. The number of hydrogen-bond donors (Lipinski definition) is 1. The molecule has 23 heavy (non-hydrogen) atoms.